The molecule has 24 heavy (non-hydrogen) atoms. The Bertz CT molecular complexity index is 763. The molecule has 2 aromatic carbocycles. The predicted molar refractivity (Wildman–Crippen MR) is 101 cm³/mol. The molecular formula is C18H21BrN2O2S. The van der Waals surface area contributed by atoms with E-state index < -0.39 is 10.0 Å². The highest BCUT2D eigenvalue weighted by molar-refractivity contribution is 9.10. The molecule has 0 spiro atoms. The van der Waals surface area contributed by atoms with E-state index in [1.54, 1.807) is 24.3 Å². The maximum absolute atomic E-state index is 12.6. The van der Waals surface area contributed by atoms with Crippen molar-refractivity contribution in [3.05, 3.63) is 59.1 Å². The highest BCUT2D eigenvalue weighted by Crippen LogP contribution is 2.24. The zero-order valence-corrected chi connectivity index (χ0v) is 15.7. The number of hydrogen-bond donors (Lipinski definition) is 2. The lowest BCUT2D eigenvalue weighted by atomic mass is 9.91. The summed E-state index contributed by atoms with van der Waals surface area (Å²) in [5.41, 5.74) is 1.01. The van der Waals surface area contributed by atoms with Gasteiger partial charge in [-0.2, -0.15) is 0 Å². The molecule has 0 aliphatic heterocycles. The van der Waals surface area contributed by atoms with E-state index in [-0.39, 0.29) is 12.1 Å². The maximum Gasteiger partial charge on any atom is 0.240 e. The van der Waals surface area contributed by atoms with Gasteiger partial charge in [0.2, 0.25) is 10.0 Å². The first-order valence-corrected chi connectivity index (χ1v) is 10.4. The van der Waals surface area contributed by atoms with Crippen molar-refractivity contribution in [2.24, 2.45) is 0 Å². The van der Waals surface area contributed by atoms with Crippen LogP contribution >= 0.6 is 15.9 Å². The monoisotopic (exact) mass is 408 g/mol. The van der Waals surface area contributed by atoms with Gasteiger partial charge in [0, 0.05) is 22.2 Å². The smallest absolute Gasteiger partial charge is 0.240 e. The number of rotatable bonds is 5. The van der Waals surface area contributed by atoms with Crippen molar-refractivity contribution in [1.29, 1.82) is 0 Å². The lowest BCUT2D eigenvalue weighted by molar-refractivity contribution is 0.378. The van der Waals surface area contributed by atoms with Crippen molar-refractivity contribution < 1.29 is 8.42 Å². The molecule has 6 heteroatoms. The molecule has 0 aromatic heterocycles. The normalized spacial score (nSPS) is 21.4. The lowest BCUT2D eigenvalue weighted by Crippen LogP contribution is -2.48. The van der Waals surface area contributed by atoms with Crippen LogP contribution in [-0.4, -0.2) is 20.5 Å². The van der Waals surface area contributed by atoms with Crippen LogP contribution in [0.5, 0.6) is 0 Å². The topological polar surface area (TPSA) is 58.2 Å². The van der Waals surface area contributed by atoms with E-state index in [2.05, 4.69) is 26.0 Å². The molecule has 2 aromatic rings. The van der Waals surface area contributed by atoms with E-state index in [0.29, 0.717) is 4.90 Å². The number of halogens is 1. The Morgan fingerprint density at radius 1 is 0.875 bits per heavy atom. The van der Waals surface area contributed by atoms with Gasteiger partial charge in [0.1, 0.15) is 0 Å². The molecule has 0 bridgehead atoms. The Morgan fingerprint density at radius 3 is 2.17 bits per heavy atom. The summed E-state index contributed by atoms with van der Waals surface area (Å²) in [5.74, 6) is 0. The highest BCUT2D eigenvalue weighted by atomic mass is 79.9. The molecule has 0 radical (unpaired) electrons. The molecule has 2 N–H and O–H groups in total. The molecule has 1 aliphatic rings. The number of hydrogen-bond acceptors (Lipinski definition) is 3. The van der Waals surface area contributed by atoms with Crippen LogP contribution in [0.4, 0.5) is 5.69 Å². The lowest BCUT2D eigenvalue weighted by Gasteiger charge is -2.33. The molecule has 1 saturated carbocycles. The van der Waals surface area contributed by atoms with Crippen molar-refractivity contribution in [2.45, 2.75) is 42.7 Å². The summed E-state index contributed by atoms with van der Waals surface area (Å²) in [7, 11) is -3.49. The van der Waals surface area contributed by atoms with E-state index in [9.17, 15) is 8.42 Å². The average Bonchev–Trinajstić information content (AvgIpc) is 2.59. The second-order valence-corrected chi connectivity index (χ2v) is 8.71. The molecule has 2 unspecified atom stereocenters. The van der Waals surface area contributed by atoms with Crippen LogP contribution in [-0.2, 0) is 10.0 Å². The van der Waals surface area contributed by atoms with Gasteiger partial charge in [-0.15, -0.1) is 0 Å². The van der Waals surface area contributed by atoms with E-state index >= 15 is 0 Å². The van der Waals surface area contributed by atoms with Crippen LogP contribution in [0.15, 0.2) is 64.0 Å². The molecule has 2 atom stereocenters. The number of anilines is 1. The minimum absolute atomic E-state index is 0.0958. The SMILES string of the molecule is O=S(=O)(NC1CCCCC1Nc1ccc(Br)cc1)c1ccccc1. The third-order valence-electron chi connectivity index (χ3n) is 4.32. The number of nitrogens with one attached hydrogen (secondary N) is 2. The second-order valence-electron chi connectivity index (χ2n) is 6.08. The summed E-state index contributed by atoms with van der Waals surface area (Å²) in [5, 5.41) is 3.48. The number of benzene rings is 2. The van der Waals surface area contributed by atoms with Gasteiger partial charge in [-0.25, -0.2) is 13.1 Å². The summed E-state index contributed by atoms with van der Waals surface area (Å²) in [6.07, 6.45) is 3.95. The van der Waals surface area contributed by atoms with Gasteiger partial charge in [-0.1, -0.05) is 47.0 Å². The van der Waals surface area contributed by atoms with Gasteiger partial charge in [-0.05, 0) is 49.2 Å². The first-order valence-electron chi connectivity index (χ1n) is 8.14. The van der Waals surface area contributed by atoms with Gasteiger partial charge in [0.05, 0.1) is 4.90 Å². The summed E-state index contributed by atoms with van der Waals surface area (Å²) in [4.78, 5) is 0.318. The van der Waals surface area contributed by atoms with Crippen molar-refractivity contribution in [2.75, 3.05) is 5.32 Å². The average molecular weight is 409 g/mol. The third kappa shape index (κ3) is 4.37. The summed E-state index contributed by atoms with van der Waals surface area (Å²) < 4.78 is 29.1. The zero-order chi connectivity index (χ0) is 17.0. The van der Waals surface area contributed by atoms with Crippen molar-refractivity contribution in [3.63, 3.8) is 0 Å². The fraction of sp³-hybridized carbons (Fsp3) is 0.333. The van der Waals surface area contributed by atoms with Crippen LogP contribution in [0, 0.1) is 0 Å². The molecule has 1 aliphatic carbocycles. The van der Waals surface area contributed by atoms with Crippen molar-refractivity contribution in [1.82, 2.24) is 4.72 Å². The Balaban J connectivity index is 1.74. The molecular weight excluding hydrogens is 388 g/mol. The largest absolute Gasteiger partial charge is 0.381 e. The molecule has 4 nitrogen and oxygen atoms in total. The van der Waals surface area contributed by atoms with Crippen LogP contribution < -0.4 is 10.0 Å². The van der Waals surface area contributed by atoms with E-state index in [4.69, 9.17) is 0 Å². The molecule has 0 heterocycles. The van der Waals surface area contributed by atoms with E-state index in [1.807, 2.05) is 30.3 Å². The van der Waals surface area contributed by atoms with Gasteiger partial charge in [0.15, 0.2) is 0 Å². The fourth-order valence-electron chi connectivity index (χ4n) is 3.07. The predicted octanol–water partition coefficient (Wildman–Crippen LogP) is 4.15. The highest BCUT2D eigenvalue weighted by Gasteiger charge is 2.29. The minimum Gasteiger partial charge on any atom is -0.381 e. The van der Waals surface area contributed by atoms with E-state index in [1.165, 1.54) is 0 Å². The van der Waals surface area contributed by atoms with Gasteiger partial charge in [0.25, 0.3) is 0 Å². The van der Waals surface area contributed by atoms with Crippen LogP contribution in [0.1, 0.15) is 25.7 Å². The van der Waals surface area contributed by atoms with Crippen molar-refractivity contribution in [3.8, 4) is 0 Å². The molecule has 0 saturated heterocycles. The molecule has 128 valence electrons. The first kappa shape index (κ1) is 17.5. The first-order chi connectivity index (χ1) is 11.5. The molecule has 1 fully saturated rings. The van der Waals surface area contributed by atoms with Gasteiger partial charge >= 0.3 is 0 Å². The van der Waals surface area contributed by atoms with Gasteiger partial charge < -0.3 is 5.32 Å². The zero-order valence-electron chi connectivity index (χ0n) is 13.3. The quantitative estimate of drug-likeness (QED) is 0.780. The minimum atomic E-state index is -3.49. The second kappa shape index (κ2) is 7.68. The van der Waals surface area contributed by atoms with Crippen LogP contribution in [0.3, 0.4) is 0 Å². The number of sulfonamides is 1. The Morgan fingerprint density at radius 2 is 1.50 bits per heavy atom. The Hall–Kier alpha value is -1.37. The van der Waals surface area contributed by atoms with Crippen molar-refractivity contribution >= 4 is 31.6 Å². The fourth-order valence-corrected chi connectivity index (χ4v) is 4.67. The molecule has 3 rings (SSSR count). The Kier molecular flexibility index (Phi) is 5.58. The molecule has 0 amide bonds. The Labute approximate surface area is 151 Å². The summed E-state index contributed by atoms with van der Waals surface area (Å²) in [6.45, 7) is 0. The van der Waals surface area contributed by atoms with Crippen LogP contribution in [0.25, 0.3) is 0 Å². The standard InChI is InChI=1S/C18H21BrN2O2S/c19-14-10-12-15(13-11-14)20-17-8-4-5-9-18(17)21-24(22,23)16-6-2-1-3-7-16/h1-3,6-7,10-13,17-18,20-21H,4-5,8-9H2. The summed E-state index contributed by atoms with van der Waals surface area (Å²) >= 11 is 3.43. The summed E-state index contributed by atoms with van der Waals surface area (Å²) in [6, 6.07) is 16.5. The third-order valence-corrected chi connectivity index (χ3v) is 6.36. The van der Waals surface area contributed by atoms with Crippen LogP contribution in [0.2, 0.25) is 0 Å². The van der Waals surface area contributed by atoms with Gasteiger partial charge in [-0.3, -0.25) is 0 Å². The maximum atomic E-state index is 12.6. The van der Waals surface area contributed by atoms with E-state index in [0.717, 1.165) is 35.8 Å².